The zero-order valence-corrected chi connectivity index (χ0v) is 12.5. The Labute approximate surface area is 118 Å². The highest BCUT2D eigenvalue weighted by Crippen LogP contribution is 2.27. The van der Waals surface area contributed by atoms with Crippen LogP contribution in [-0.2, 0) is 4.79 Å². The van der Waals surface area contributed by atoms with Gasteiger partial charge in [0.25, 0.3) is 0 Å². The highest BCUT2D eigenvalue weighted by Gasteiger charge is 2.23. The second-order valence-corrected chi connectivity index (χ2v) is 6.59. The van der Waals surface area contributed by atoms with Gasteiger partial charge >= 0.3 is 0 Å². The Bertz CT molecular complexity index is 254. The molecule has 1 N–H and O–H groups in total. The Balaban J connectivity index is 1.91. The van der Waals surface area contributed by atoms with Gasteiger partial charge in [0.2, 0.25) is 5.91 Å². The van der Waals surface area contributed by atoms with E-state index in [0.29, 0.717) is 11.9 Å². The van der Waals surface area contributed by atoms with Crippen LogP contribution in [-0.4, -0.2) is 11.9 Å². The maximum atomic E-state index is 12.0. The van der Waals surface area contributed by atoms with Gasteiger partial charge in [0.05, 0.1) is 0 Å². The van der Waals surface area contributed by atoms with Crippen LogP contribution in [0, 0.1) is 5.92 Å². The van der Waals surface area contributed by atoms with E-state index in [1.54, 1.807) is 0 Å². The van der Waals surface area contributed by atoms with E-state index in [0.717, 1.165) is 18.8 Å². The number of hydrogen-bond acceptors (Lipinski definition) is 1. The molecule has 1 saturated carbocycles. The van der Waals surface area contributed by atoms with E-state index in [1.165, 1.54) is 77.0 Å². The fourth-order valence-electron chi connectivity index (χ4n) is 3.77. The molecule has 2 aliphatic rings. The Morgan fingerprint density at radius 3 is 1.89 bits per heavy atom. The van der Waals surface area contributed by atoms with E-state index < -0.39 is 0 Å². The fraction of sp³-hybridized carbons (Fsp3) is 0.941. The number of rotatable bonds is 1. The smallest absolute Gasteiger partial charge is 0.220 e. The number of carbonyl (C=O) groups is 1. The van der Waals surface area contributed by atoms with Gasteiger partial charge in [-0.25, -0.2) is 0 Å². The summed E-state index contributed by atoms with van der Waals surface area (Å²) in [5.74, 6) is 1.06. The molecular formula is C17H31NO. The Morgan fingerprint density at radius 2 is 1.21 bits per heavy atom. The molecule has 1 saturated heterocycles. The van der Waals surface area contributed by atoms with Crippen LogP contribution in [0.4, 0.5) is 0 Å². The Kier molecular flexibility index (Phi) is 6.73. The van der Waals surface area contributed by atoms with Crippen molar-refractivity contribution in [3.8, 4) is 0 Å². The quantitative estimate of drug-likeness (QED) is 0.739. The first-order valence-electron chi connectivity index (χ1n) is 8.65. The van der Waals surface area contributed by atoms with Crippen molar-refractivity contribution in [1.82, 2.24) is 5.32 Å². The summed E-state index contributed by atoms with van der Waals surface area (Å²) in [7, 11) is 0. The zero-order chi connectivity index (χ0) is 13.3. The van der Waals surface area contributed by atoms with Gasteiger partial charge in [0.15, 0.2) is 0 Å². The number of amides is 1. The van der Waals surface area contributed by atoms with Crippen LogP contribution >= 0.6 is 0 Å². The molecule has 0 spiro atoms. The maximum Gasteiger partial charge on any atom is 0.220 e. The van der Waals surface area contributed by atoms with Gasteiger partial charge in [-0.1, -0.05) is 57.8 Å². The van der Waals surface area contributed by atoms with Crippen molar-refractivity contribution in [2.75, 3.05) is 0 Å². The summed E-state index contributed by atoms with van der Waals surface area (Å²) >= 11 is 0. The van der Waals surface area contributed by atoms with Crippen LogP contribution in [0.1, 0.15) is 89.9 Å². The normalized spacial score (nSPS) is 29.1. The molecular weight excluding hydrogens is 234 g/mol. The molecule has 1 unspecified atom stereocenters. The molecule has 1 amide bonds. The largest absolute Gasteiger partial charge is 0.353 e. The van der Waals surface area contributed by atoms with Crippen LogP contribution in [0.15, 0.2) is 0 Å². The lowest BCUT2D eigenvalue weighted by molar-refractivity contribution is -0.122. The van der Waals surface area contributed by atoms with E-state index in [2.05, 4.69) is 5.32 Å². The monoisotopic (exact) mass is 265 g/mol. The van der Waals surface area contributed by atoms with E-state index >= 15 is 0 Å². The van der Waals surface area contributed by atoms with Crippen molar-refractivity contribution in [2.45, 2.75) is 95.9 Å². The van der Waals surface area contributed by atoms with Crippen LogP contribution < -0.4 is 5.32 Å². The van der Waals surface area contributed by atoms with Crippen LogP contribution in [0.2, 0.25) is 0 Å². The number of hydrogen-bond donors (Lipinski definition) is 1. The summed E-state index contributed by atoms with van der Waals surface area (Å²) < 4.78 is 0. The Morgan fingerprint density at radius 1 is 0.684 bits per heavy atom. The van der Waals surface area contributed by atoms with Gasteiger partial charge in [-0.15, -0.1) is 0 Å². The van der Waals surface area contributed by atoms with Crippen LogP contribution in [0.25, 0.3) is 0 Å². The predicted octanol–water partition coefficient (Wildman–Crippen LogP) is 4.58. The molecule has 1 heterocycles. The molecule has 2 heteroatoms. The van der Waals surface area contributed by atoms with Gasteiger partial charge in [-0.2, -0.15) is 0 Å². The van der Waals surface area contributed by atoms with Gasteiger partial charge in [-0.05, 0) is 31.6 Å². The minimum absolute atomic E-state index is 0.312. The van der Waals surface area contributed by atoms with Crippen molar-refractivity contribution in [3.05, 3.63) is 0 Å². The molecule has 0 bridgehead atoms. The molecule has 110 valence electrons. The molecule has 19 heavy (non-hydrogen) atoms. The maximum absolute atomic E-state index is 12.0. The predicted molar refractivity (Wildman–Crippen MR) is 80.1 cm³/mol. The first kappa shape index (κ1) is 14.9. The van der Waals surface area contributed by atoms with Crippen molar-refractivity contribution >= 4 is 5.91 Å². The molecule has 0 aromatic rings. The molecule has 1 aliphatic carbocycles. The van der Waals surface area contributed by atoms with Gasteiger partial charge in [-0.3, -0.25) is 4.79 Å². The minimum Gasteiger partial charge on any atom is -0.353 e. The van der Waals surface area contributed by atoms with Crippen molar-refractivity contribution in [1.29, 1.82) is 0 Å². The molecule has 0 aromatic heterocycles. The lowest BCUT2D eigenvalue weighted by Crippen LogP contribution is -2.40. The summed E-state index contributed by atoms with van der Waals surface area (Å²) in [6.45, 7) is 0. The second kappa shape index (κ2) is 8.60. The number of nitrogens with one attached hydrogen (secondary N) is 1. The average molecular weight is 265 g/mol. The van der Waals surface area contributed by atoms with Gasteiger partial charge in [0, 0.05) is 12.5 Å². The highest BCUT2D eigenvalue weighted by molar-refractivity contribution is 5.76. The van der Waals surface area contributed by atoms with Gasteiger partial charge in [0.1, 0.15) is 0 Å². The summed E-state index contributed by atoms with van der Waals surface area (Å²) in [5, 5.41) is 3.36. The third kappa shape index (κ3) is 5.54. The molecule has 2 fully saturated rings. The van der Waals surface area contributed by atoms with Crippen LogP contribution in [0.3, 0.4) is 0 Å². The van der Waals surface area contributed by atoms with E-state index in [4.69, 9.17) is 0 Å². The van der Waals surface area contributed by atoms with E-state index in [9.17, 15) is 4.79 Å². The molecule has 0 aromatic carbocycles. The first-order valence-corrected chi connectivity index (χ1v) is 8.65. The molecule has 1 atom stereocenters. The molecule has 2 rings (SSSR count). The van der Waals surface area contributed by atoms with E-state index in [-0.39, 0.29) is 0 Å². The fourth-order valence-corrected chi connectivity index (χ4v) is 3.77. The third-order valence-corrected chi connectivity index (χ3v) is 4.98. The average Bonchev–Trinajstić information content (AvgIpc) is 2.60. The topological polar surface area (TPSA) is 29.1 Å². The first-order chi connectivity index (χ1) is 9.36. The standard InChI is InChI=1S/C17H31NO/c19-17-14-10-6-5-9-13-16(18-17)15-11-7-3-1-2-4-8-12-15/h15-16H,1-14H2,(H,18,19). The lowest BCUT2D eigenvalue weighted by atomic mass is 9.86. The van der Waals surface area contributed by atoms with Crippen molar-refractivity contribution in [2.24, 2.45) is 5.92 Å². The Hall–Kier alpha value is -0.530. The van der Waals surface area contributed by atoms with Crippen LogP contribution in [0.5, 0.6) is 0 Å². The third-order valence-electron chi connectivity index (χ3n) is 4.98. The van der Waals surface area contributed by atoms with Crippen molar-refractivity contribution < 1.29 is 4.79 Å². The SMILES string of the molecule is O=C1CCCCCCC(C2CCCCCCCC2)N1. The molecule has 0 radical (unpaired) electrons. The summed E-state index contributed by atoms with van der Waals surface area (Å²) in [6.07, 6.45) is 18.0. The molecule has 2 nitrogen and oxygen atoms in total. The zero-order valence-electron chi connectivity index (χ0n) is 12.5. The van der Waals surface area contributed by atoms with Gasteiger partial charge < -0.3 is 5.32 Å². The van der Waals surface area contributed by atoms with Crippen molar-refractivity contribution in [3.63, 3.8) is 0 Å². The highest BCUT2D eigenvalue weighted by atomic mass is 16.1. The summed E-state index contributed by atoms with van der Waals surface area (Å²) in [4.78, 5) is 12.0. The molecule has 1 aliphatic heterocycles. The second-order valence-electron chi connectivity index (χ2n) is 6.59. The van der Waals surface area contributed by atoms with E-state index in [1.807, 2.05) is 0 Å². The summed E-state index contributed by atoms with van der Waals surface area (Å²) in [5.41, 5.74) is 0. The lowest BCUT2D eigenvalue weighted by Gasteiger charge is -2.28. The minimum atomic E-state index is 0.312. The summed E-state index contributed by atoms with van der Waals surface area (Å²) in [6, 6.07) is 0.476. The number of carbonyl (C=O) groups excluding carboxylic acids is 1.